The monoisotopic (exact) mass is 428 g/mol. The molecule has 0 bridgehead atoms. The van der Waals surface area contributed by atoms with Gasteiger partial charge in [0.15, 0.2) is 0 Å². The van der Waals surface area contributed by atoms with Crippen molar-refractivity contribution in [1.82, 2.24) is 19.9 Å². The Balaban J connectivity index is 1.48. The van der Waals surface area contributed by atoms with Gasteiger partial charge in [-0.3, -0.25) is 9.78 Å². The summed E-state index contributed by atoms with van der Waals surface area (Å²) >= 11 is 0. The van der Waals surface area contributed by atoms with Crippen LogP contribution in [0.15, 0.2) is 66.9 Å². The number of amides is 1. The second-order valence-electron chi connectivity index (χ2n) is 7.99. The molecule has 0 aliphatic heterocycles. The zero-order valence-electron chi connectivity index (χ0n) is 18.7. The third kappa shape index (κ3) is 4.80. The SMILES string of the molecule is Cc1ccc(OCCCn2c(C(C)NC(=O)c3ccccn3)nc3ccccc32)c(C)c1. The number of imidazole rings is 1. The van der Waals surface area contributed by atoms with Crippen LogP contribution in [-0.4, -0.2) is 27.0 Å². The molecule has 164 valence electrons. The summed E-state index contributed by atoms with van der Waals surface area (Å²) in [7, 11) is 0. The van der Waals surface area contributed by atoms with E-state index >= 15 is 0 Å². The molecular formula is C26H28N4O2. The van der Waals surface area contributed by atoms with E-state index in [-0.39, 0.29) is 11.9 Å². The van der Waals surface area contributed by atoms with Crippen LogP contribution in [-0.2, 0) is 6.54 Å². The molecule has 1 atom stereocenters. The number of fused-ring (bicyclic) bond motifs is 1. The Bertz CT molecular complexity index is 1220. The van der Waals surface area contributed by atoms with Crippen molar-refractivity contribution in [3.8, 4) is 5.75 Å². The quantitative estimate of drug-likeness (QED) is 0.401. The van der Waals surface area contributed by atoms with E-state index in [0.717, 1.165) is 41.1 Å². The molecule has 0 fully saturated rings. The molecule has 0 radical (unpaired) electrons. The van der Waals surface area contributed by atoms with Gasteiger partial charge in [0.2, 0.25) is 0 Å². The van der Waals surface area contributed by atoms with Crippen LogP contribution in [0.3, 0.4) is 0 Å². The van der Waals surface area contributed by atoms with Crippen LogP contribution in [0, 0.1) is 13.8 Å². The number of nitrogens with zero attached hydrogens (tertiary/aromatic N) is 3. The van der Waals surface area contributed by atoms with E-state index in [1.807, 2.05) is 31.2 Å². The molecule has 2 aromatic carbocycles. The third-order valence-electron chi connectivity index (χ3n) is 5.43. The molecule has 1 unspecified atom stereocenters. The number of aryl methyl sites for hydroxylation is 3. The lowest BCUT2D eigenvalue weighted by atomic mass is 10.1. The Hall–Kier alpha value is -3.67. The van der Waals surface area contributed by atoms with E-state index in [0.29, 0.717) is 12.3 Å². The van der Waals surface area contributed by atoms with E-state index in [2.05, 4.69) is 46.9 Å². The Kier molecular flexibility index (Phi) is 6.50. The van der Waals surface area contributed by atoms with Gasteiger partial charge in [0, 0.05) is 12.7 Å². The van der Waals surface area contributed by atoms with Gasteiger partial charge in [-0.05, 0) is 63.1 Å². The first-order chi connectivity index (χ1) is 15.5. The molecule has 1 amide bonds. The number of ether oxygens (including phenoxy) is 1. The molecule has 6 nitrogen and oxygen atoms in total. The highest BCUT2D eigenvalue weighted by atomic mass is 16.5. The van der Waals surface area contributed by atoms with Crippen molar-refractivity contribution >= 4 is 16.9 Å². The zero-order valence-corrected chi connectivity index (χ0v) is 18.7. The van der Waals surface area contributed by atoms with Gasteiger partial charge in [-0.15, -0.1) is 0 Å². The highest BCUT2D eigenvalue weighted by molar-refractivity contribution is 5.92. The lowest BCUT2D eigenvalue weighted by Crippen LogP contribution is -2.29. The van der Waals surface area contributed by atoms with Crippen LogP contribution in [0.4, 0.5) is 0 Å². The Morgan fingerprint density at radius 3 is 2.69 bits per heavy atom. The van der Waals surface area contributed by atoms with E-state index in [1.54, 1.807) is 24.4 Å². The smallest absolute Gasteiger partial charge is 0.270 e. The van der Waals surface area contributed by atoms with Crippen molar-refractivity contribution in [3.05, 3.63) is 89.5 Å². The van der Waals surface area contributed by atoms with Crippen LogP contribution >= 0.6 is 0 Å². The normalized spacial score (nSPS) is 12.0. The van der Waals surface area contributed by atoms with Crippen LogP contribution in [0.1, 0.15) is 46.8 Å². The summed E-state index contributed by atoms with van der Waals surface area (Å²) in [5.41, 5.74) is 4.73. The van der Waals surface area contributed by atoms with Crippen molar-refractivity contribution in [3.63, 3.8) is 0 Å². The van der Waals surface area contributed by atoms with E-state index < -0.39 is 0 Å². The van der Waals surface area contributed by atoms with Crippen LogP contribution in [0.5, 0.6) is 5.75 Å². The van der Waals surface area contributed by atoms with Gasteiger partial charge in [-0.25, -0.2) is 4.98 Å². The predicted molar refractivity (Wildman–Crippen MR) is 126 cm³/mol. The fourth-order valence-corrected chi connectivity index (χ4v) is 3.86. The molecule has 0 saturated carbocycles. The number of hydrogen-bond donors (Lipinski definition) is 1. The maximum absolute atomic E-state index is 12.6. The number of carbonyl (C=O) groups is 1. The summed E-state index contributed by atoms with van der Waals surface area (Å²) in [4.78, 5) is 21.5. The minimum Gasteiger partial charge on any atom is -0.493 e. The Morgan fingerprint density at radius 2 is 1.91 bits per heavy atom. The van der Waals surface area contributed by atoms with Crippen molar-refractivity contribution < 1.29 is 9.53 Å². The molecule has 0 saturated heterocycles. The molecule has 0 aliphatic carbocycles. The van der Waals surface area contributed by atoms with Crippen LogP contribution in [0.25, 0.3) is 11.0 Å². The lowest BCUT2D eigenvalue weighted by molar-refractivity contribution is 0.0932. The van der Waals surface area contributed by atoms with Gasteiger partial charge in [0.25, 0.3) is 5.91 Å². The van der Waals surface area contributed by atoms with Gasteiger partial charge in [0.05, 0.1) is 23.7 Å². The van der Waals surface area contributed by atoms with Crippen LogP contribution in [0.2, 0.25) is 0 Å². The van der Waals surface area contributed by atoms with Gasteiger partial charge >= 0.3 is 0 Å². The second kappa shape index (κ2) is 9.64. The molecule has 2 aromatic heterocycles. The summed E-state index contributed by atoms with van der Waals surface area (Å²) in [6.07, 6.45) is 2.44. The number of carbonyl (C=O) groups excluding carboxylic acids is 1. The topological polar surface area (TPSA) is 69.0 Å². The Labute approximate surface area is 188 Å². The highest BCUT2D eigenvalue weighted by Gasteiger charge is 2.19. The first-order valence-corrected chi connectivity index (χ1v) is 10.9. The van der Waals surface area contributed by atoms with Crippen molar-refractivity contribution in [2.75, 3.05) is 6.61 Å². The molecule has 0 spiro atoms. The van der Waals surface area contributed by atoms with Crippen molar-refractivity contribution in [2.24, 2.45) is 0 Å². The average molecular weight is 429 g/mol. The van der Waals surface area contributed by atoms with E-state index in [4.69, 9.17) is 9.72 Å². The number of para-hydroxylation sites is 2. The molecule has 0 aliphatic rings. The third-order valence-corrected chi connectivity index (χ3v) is 5.43. The fourth-order valence-electron chi connectivity index (χ4n) is 3.86. The number of benzene rings is 2. The fraction of sp³-hybridized carbons (Fsp3) is 0.269. The maximum atomic E-state index is 12.6. The minimum atomic E-state index is -0.267. The zero-order chi connectivity index (χ0) is 22.5. The summed E-state index contributed by atoms with van der Waals surface area (Å²) < 4.78 is 8.18. The van der Waals surface area contributed by atoms with Crippen molar-refractivity contribution in [1.29, 1.82) is 0 Å². The van der Waals surface area contributed by atoms with Gasteiger partial charge in [-0.1, -0.05) is 35.9 Å². The van der Waals surface area contributed by atoms with E-state index in [1.165, 1.54) is 5.56 Å². The maximum Gasteiger partial charge on any atom is 0.270 e. The molecule has 4 rings (SSSR count). The molecule has 1 N–H and O–H groups in total. The summed E-state index contributed by atoms with van der Waals surface area (Å²) in [5.74, 6) is 1.53. The first kappa shape index (κ1) is 21.6. The predicted octanol–water partition coefficient (Wildman–Crippen LogP) is 5.01. The number of hydrogen-bond acceptors (Lipinski definition) is 4. The molecule has 2 heterocycles. The number of rotatable bonds is 8. The minimum absolute atomic E-state index is 0.213. The van der Waals surface area contributed by atoms with Gasteiger partial charge < -0.3 is 14.6 Å². The lowest BCUT2D eigenvalue weighted by Gasteiger charge is -2.16. The molecule has 4 aromatic rings. The summed E-state index contributed by atoms with van der Waals surface area (Å²) in [6, 6.07) is 19.3. The van der Waals surface area contributed by atoms with Gasteiger partial charge in [0.1, 0.15) is 17.3 Å². The first-order valence-electron chi connectivity index (χ1n) is 10.9. The number of nitrogens with one attached hydrogen (secondary N) is 1. The summed E-state index contributed by atoms with van der Waals surface area (Å²) in [6.45, 7) is 7.44. The average Bonchev–Trinajstić information content (AvgIpc) is 3.17. The number of aromatic nitrogens is 3. The van der Waals surface area contributed by atoms with Gasteiger partial charge in [-0.2, -0.15) is 0 Å². The molecule has 32 heavy (non-hydrogen) atoms. The number of pyridine rings is 1. The van der Waals surface area contributed by atoms with E-state index in [9.17, 15) is 4.79 Å². The van der Waals surface area contributed by atoms with Crippen LogP contribution < -0.4 is 10.1 Å². The summed E-state index contributed by atoms with van der Waals surface area (Å²) in [5, 5.41) is 3.03. The highest BCUT2D eigenvalue weighted by Crippen LogP contribution is 2.22. The molecular weight excluding hydrogens is 400 g/mol. The Morgan fingerprint density at radius 1 is 1.09 bits per heavy atom. The molecule has 6 heteroatoms. The second-order valence-corrected chi connectivity index (χ2v) is 7.99. The van der Waals surface area contributed by atoms with Crippen molar-refractivity contribution in [2.45, 2.75) is 39.8 Å². The largest absolute Gasteiger partial charge is 0.493 e. The standard InChI is InChI=1S/C26H28N4O2/c1-18-12-13-24(19(2)17-18)32-16-8-15-30-23-11-5-4-9-21(23)29-25(30)20(3)28-26(31)22-10-6-7-14-27-22/h4-7,9-14,17,20H,8,15-16H2,1-3H3,(H,28,31).